The lowest BCUT2D eigenvalue weighted by atomic mass is 10.2. The van der Waals surface area contributed by atoms with Gasteiger partial charge in [0.05, 0.1) is 16.8 Å². The number of nitrogens with one attached hydrogen (secondary N) is 1. The van der Waals surface area contributed by atoms with E-state index in [2.05, 4.69) is 22.7 Å². The summed E-state index contributed by atoms with van der Waals surface area (Å²) in [6, 6.07) is 6.80. The van der Waals surface area contributed by atoms with Crippen molar-refractivity contribution in [2.75, 3.05) is 0 Å². The second-order valence-electron chi connectivity index (χ2n) is 4.87. The summed E-state index contributed by atoms with van der Waals surface area (Å²) < 4.78 is 1.92. The molecular weight excluding hydrogens is 336 g/mol. The van der Waals surface area contributed by atoms with Crippen LogP contribution in [0.1, 0.15) is 27.3 Å². The molecule has 0 fully saturated rings. The third kappa shape index (κ3) is 3.69. The minimum Gasteiger partial charge on any atom is -0.478 e. The van der Waals surface area contributed by atoms with Crippen LogP contribution in [0.15, 0.2) is 29.4 Å². The van der Waals surface area contributed by atoms with Gasteiger partial charge in [-0.25, -0.2) is 4.79 Å². The van der Waals surface area contributed by atoms with Crippen LogP contribution in [-0.4, -0.2) is 27.0 Å². The monoisotopic (exact) mass is 350 g/mol. The summed E-state index contributed by atoms with van der Waals surface area (Å²) >= 11 is 10.6. The van der Waals surface area contributed by atoms with Crippen LogP contribution < -0.4 is 11.2 Å². The fourth-order valence-corrected chi connectivity index (χ4v) is 2.55. The summed E-state index contributed by atoms with van der Waals surface area (Å²) in [5, 5.41) is 13.4. The fourth-order valence-electron chi connectivity index (χ4n) is 2.30. The fraction of sp³-hybridized carbons (Fsp3) is 0.133. The molecule has 0 unspecified atom stereocenters. The highest BCUT2D eigenvalue weighted by molar-refractivity contribution is 7.80. The van der Waals surface area contributed by atoms with E-state index in [4.69, 9.17) is 17.3 Å². The Hall–Kier alpha value is -2.38. The normalized spacial score (nSPS) is 10.9. The van der Waals surface area contributed by atoms with Crippen LogP contribution in [0.4, 0.5) is 0 Å². The first-order chi connectivity index (χ1) is 10.8. The number of hydrazone groups is 1. The summed E-state index contributed by atoms with van der Waals surface area (Å²) in [5.41, 5.74) is 11.3. The van der Waals surface area contributed by atoms with Gasteiger partial charge in [0.1, 0.15) is 0 Å². The SMILES string of the molecule is Cc1cc(/C=N\NC(N)=S)c(C)n1-c1ccc(Cl)c(C(=O)O)c1. The van der Waals surface area contributed by atoms with Crippen LogP contribution in [-0.2, 0) is 0 Å². The summed E-state index contributed by atoms with van der Waals surface area (Å²) in [7, 11) is 0. The number of thiocarbonyl (C=S) groups is 1. The average Bonchev–Trinajstić information content (AvgIpc) is 2.74. The van der Waals surface area contributed by atoms with E-state index in [1.54, 1.807) is 24.4 Å². The van der Waals surface area contributed by atoms with Crippen LogP contribution in [0.3, 0.4) is 0 Å². The molecule has 0 saturated carbocycles. The molecule has 6 nitrogen and oxygen atoms in total. The molecule has 2 aromatic rings. The summed E-state index contributed by atoms with van der Waals surface area (Å²) in [6.45, 7) is 3.82. The third-order valence-corrected chi connectivity index (χ3v) is 3.71. The highest BCUT2D eigenvalue weighted by Crippen LogP contribution is 2.24. The summed E-state index contributed by atoms with van der Waals surface area (Å²) in [4.78, 5) is 11.2. The standard InChI is InChI=1S/C15H15ClN4O2S/c1-8-5-10(7-18-19-15(17)23)9(2)20(8)11-3-4-13(16)12(6-11)14(21)22/h3-7H,1-2H3,(H,21,22)(H3,17,19,23)/b18-7-. The number of hydrogen-bond donors (Lipinski definition) is 3. The number of aromatic nitrogens is 1. The number of nitrogens with two attached hydrogens (primary N) is 1. The number of aromatic carboxylic acids is 1. The number of nitrogens with zero attached hydrogens (tertiary/aromatic N) is 2. The quantitative estimate of drug-likeness (QED) is 0.448. The molecule has 23 heavy (non-hydrogen) atoms. The van der Waals surface area contributed by atoms with E-state index in [1.807, 2.05) is 24.5 Å². The Morgan fingerprint density at radius 3 is 2.74 bits per heavy atom. The number of aryl methyl sites for hydroxylation is 1. The Labute approximate surface area is 143 Å². The van der Waals surface area contributed by atoms with Crippen molar-refractivity contribution >= 4 is 41.1 Å². The zero-order chi connectivity index (χ0) is 17.1. The lowest BCUT2D eigenvalue weighted by Gasteiger charge is -2.11. The average molecular weight is 351 g/mol. The van der Waals surface area contributed by atoms with E-state index in [9.17, 15) is 9.90 Å². The molecule has 0 aliphatic carbocycles. The number of hydrogen-bond acceptors (Lipinski definition) is 3. The van der Waals surface area contributed by atoms with Gasteiger partial charge in [0, 0.05) is 22.6 Å². The maximum atomic E-state index is 11.2. The van der Waals surface area contributed by atoms with Crippen molar-refractivity contribution in [2.24, 2.45) is 10.8 Å². The second-order valence-corrected chi connectivity index (χ2v) is 5.71. The number of halogens is 1. The van der Waals surface area contributed by atoms with Crippen LogP contribution in [0.5, 0.6) is 0 Å². The van der Waals surface area contributed by atoms with Gasteiger partial charge in [-0.15, -0.1) is 0 Å². The molecule has 1 aromatic heterocycles. The molecule has 0 radical (unpaired) electrons. The van der Waals surface area contributed by atoms with Gasteiger partial charge in [0.25, 0.3) is 0 Å². The van der Waals surface area contributed by atoms with Gasteiger partial charge >= 0.3 is 5.97 Å². The molecule has 0 aliphatic rings. The molecule has 0 aliphatic heterocycles. The Kier molecular flexibility index (Phi) is 5.02. The van der Waals surface area contributed by atoms with Gasteiger partial charge < -0.3 is 15.4 Å². The molecule has 1 aromatic carbocycles. The molecule has 4 N–H and O–H groups in total. The van der Waals surface area contributed by atoms with Crippen molar-refractivity contribution < 1.29 is 9.90 Å². The highest BCUT2D eigenvalue weighted by Gasteiger charge is 2.14. The van der Waals surface area contributed by atoms with E-state index in [-0.39, 0.29) is 15.7 Å². The smallest absolute Gasteiger partial charge is 0.337 e. The molecule has 0 atom stereocenters. The van der Waals surface area contributed by atoms with E-state index in [0.717, 1.165) is 17.0 Å². The predicted octanol–water partition coefficient (Wildman–Crippen LogP) is 2.61. The second kappa shape index (κ2) is 6.80. The van der Waals surface area contributed by atoms with Gasteiger partial charge in [-0.05, 0) is 50.3 Å². The molecule has 8 heteroatoms. The van der Waals surface area contributed by atoms with E-state index in [0.29, 0.717) is 5.69 Å². The van der Waals surface area contributed by atoms with Crippen molar-refractivity contribution in [3.8, 4) is 5.69 Å². The van der Waals surface area contributed by atoms with Crippen molar-refractivity contribution in [3.05, 3.63) is 51.8 Å². The largest absolute Gasteiger partial charge is 0.478 e. The number of carboxylic acids is 1. The van der Waals surface area contributed by atoms with Crippen molar-refractivity contribution in [2.45, 2.75) is 13.8 Å². The van der Waals surface area contributed by atoms with Gasteiger partial charge in [0.15, 0.2) is 5.11 Å². The summed E-state index contributed by atoms with van der Waals surface area (Å²) in [6.07, 6.45) is 1.60. The first-order valence-corrected chi connectivity index (χ1v) is 7.40. The van der Waals surface area contributed by atoms with Crippen molar-refractivity contribution in [1.29, 1.82) is 0 Å². The Bertz CT molecular complexity index is 814. The van der Waals surface area contributed by atoms with Crippen molar-refractivity contribution in [3.63, 3.8) is 0 Å². The molecule has 0 bridgehead atoms. The number of rotatable bonds is 4. The van der Waals surface area contributed by atoms with Crippen LogP contribution in [0.25, 0.3) is 5.69 Å². The van der Waals surface area contributed by atoms with Crippen LogP contribution in [0, 0.1) is 13.8 Å². The minimum atomic E-state index is -1.07. The lowest BCUT2D eigenvalue weighted by Crippen LogP contribution is -2.24. The molecular formula is C15H15ClN4O2S. The van der Waals surface area contributed by atoms with E-state index in [1.165, 1.54) is 0 Å². The zero-order valence-electron chi connectivity index (χ0n) is 12.5. The summed E-state index contributed by atoms with van der Waals surface area (Å²) in [5.74, 6) is -1.07. The Morgan fingerprint density at radius 1 is 1.43 bits per heavy atom. The van der Waals surface area contributed by atoms with Crippen molar-refractivity contribution in [1.82, 2.24) is 9.99 Å². The lowest BCUT2D eigenvalue weighted by molar-refractivity contribution is 0.0697. The number of carboxylic acid groups (broad SMARTS) is 1. The first-order valence-electron chi connectivity index (χ1n) is 6.62. The molecule has 0 spiro atoms. The highest BCUT2D eigenvalue weighted by atomic mass is 35.5. The molecule has 120 valence electrons. The van der Waals surface area contributed by atoms with E-state index < -0.39 is 5.97 Å². The maximum Gasteiger partial charge on any atom is 0.337 e. The predicted molar refractivity (Wildman–Crippen MR) is 94.7 cm³/mol. The molecule has 0 saturated heterocycles. The third-order valence-electron chi connectivity index (χ3n) is 3.29. The minimum absolute atomic E-state index is 0.0574. The van der Waals surface area contributed by atoms with Gasteiger partial charge in [0.2, 0.25) is 0 Å². The number of carbonyl (C=O) groups is 1. The topological polar surface area (TPSA) is 92.6 Å². The zero-order valence-corrected chi connectivity index (χ0v) is 14.1. The van der Waals surface area contributed by atoms with Gasteiger partial charge in [-0.2, -0.15) is 5.10 Å². The van der Waals surface area contributed by atoms with Gasteiger partial charge in [-0.3, -0.25) is 5.43 Å². The first kappa shape index (κ1) is 17.0. The maximum absolute atomic E-state index is 11.2. The Balaban J connectivity index is 2.47. The molecule has 2 rings (SSSR count). The number of benzene rings is 1. The molecule has 0 amide bonds. The molecule has 1 heterocycles. The van der Waals surface area contributed by atoms with Crippen LogP contribution >= 0.6 is 23.8 Å². The van der Waals surface area contributed by atoms with E-state index >= 15 is 0 Å². The Morgan fingerprint density at radius 2 is 2.13 bits per heavy atom. The van der Waals surface area contributed by atoms with Gasteiger partial charge in [-0.1, -0.05) is 11.6 Å². The van der Waals surface area contributed by atoms with Crippen LogP contribution in [0.2, 0.25) is 5.02 Å².